The molecule has 2 aliphatic heterocycles. The van der Waals surface area contributed by atoms with Crippen molar-refractivity contribution >= 4 is 0 Å². The van der Waals surface area contributed by atoms with Gasteiger partial charge in [-0.2, -0.15) is 0 Å². The molecule has 3 atom stereocenters. The normalized spacial score (nSPS) is 40.2. The summed E-state index contributed by atoms with van der Waals surface area (Å²) in [6, 6.07) is 1.79. The van der Waals surface area contributed by atoms with Crippen molar-refractivity contribution in [3.8, 4) is 0 Å². The Morgan fingerprint density at radius 1 is 0.722 bits per heavy atom. The van der Waals surface area contributed by atoms with Crippen molar-refractivity contribution < 1.29 is 0 Å². The number of nitrogens with zero attached hydrogens (tertiary/aromatic N) is 2. The van der Waals surface area contributed by atoms with Crippen molar-refractivity contribution in [2.45, 2.75) is 70.4 Å². The second kappa shape index (κ2) is 5.92. The Labute approximate surface area is 113 Å². The highest BCUT2D eigenvalue weighted by Gasteiger charge is 2.34. The minimum absolute atomic E-state index is 0.892. The summed E-state index contributed by atoms with van der Waals surface area (Å²) in [6.45, 7) is 7.93. The van der Waals surface area contributed by atoms with Crippen LogP contribution < -0.4 is 0 Å². The van der Waals surface area contributed by atoms with Gasteiger partial charge in [-0.15, -0.1) is 0 Å². The van der Waals surface area contributed by atoms with Gasteiger partial charge in [-0.1, -0.05) is 32.6 Å². The summed E-state index contributed by atoms with van der Waals surface area (Å²) in [4.78, 5) is 5.63. The van der Waals surface area contributed by atoms with Crippen LogP contribution in [0.2, 0.25) is 0 Å². The van der Waals surface area contributed by atoms with Gasteiger partial charge < -0.3 is 0 Å². The van der Waals surface area contributed by atoms with E-state index in [1.165, 1.54) is 77.5 Å². The average Bonchev–Trinajstić information content (AvgIpc) is 2.63. The van der Waals surface area contributed by atoms with Crippen LogP contribution in [-0.4, -0.2) is 48.1 Å². The van der Waals surface area contributed by atoms with E-state index in [1.807, 2.05) is 0 Å². The third-order valence-electron chi connectivity index (χ3n) is 5.65. The fraction of sp³-hybridized carbons (Fsp3) is 1.00. The summed E-state index contributed by atoms with van der Waals surface area (Å²) >= 11 is 0. The van der Waals surface area contributed by atoms with Crippen LogP contribution in [0.4, 0.5) is 0 Å². The van der Waals surface area contributed by atoms with Crippen LogP contribution in [0.3, 0.4) is 0 Å². The van der Waals surface area contributed by atoms with Crippen molar-refractivity contribution in [2.75, 3.05) is 26.2 Å². The average molecular weight is 250 g/mol. The summed E-state index contributed by atoms with van der Waals surface area (Å²) in [7, 11) is 0. The third kappa shape index (κ3) is 2.75. The Morgan fingerprint density at radius 2 is 1.50 bits per heavy atom. The van der Waals surface area contributed by atoms with Crippen LogP contribution in [0.5, 0.6) is 0 Å². The molecule has 104 valence electrons. The number of piperazine rings is 1. The first-order valence-corrected chi connectivity index (χ1v) is 8.32. The molecule has 0 amide bonds. The van der Waals surface area contributed by atoms with E-state index in [9.17, 15) is 0 Å². The number of fused-ring (bicyclic) bond motifs is 1. The summed E-state index contributed by atoms with van der Waals surface area (Å²) in [5, 5.41) is 0. The molecule has 3 unspecified atom stereocenters. The van der Waals surface area contributed by atoms with E-state index in [-0.39, 0.29) is 0 Å². The number of hydrogen-bond acceptors (Lipinski definition) is 2. The SMILES string of the molecule is CC1CCCCCC1N1CCN2CCCCC2C1. The second-order valence-corrected chi connectivity index (χ2v) is 6.86. The molecule has 0 bridgehead atoms. The zero-order chi connectivity index (χ0) is 12.4. The molecule has 0 spiro atoms. The topological polar surface area (TPSA) is 6.48 Å². The Balaban J connectivity index is 1.61. The van der Waals surface area contributed by atoms with Gasteiger partial charge in [-0.3, -0.25) is 9.80 Å². The van der Waals surface area contributed by atoms with Gasteiger partial charge in [0.1, 0.15) is 0 Å². The van der Waals surface area contributed by atoms with Crippen molar-refractivity contribution in [3.63, 3.8) is 0 Å². The van der Waals surface area contributed by atoms with Gasteiger partial charge in [0.25, 0.3) is 0 Å². The molecule has 18 heavy (non-hydrogen) atoms. The van der Waals surface area contributed by atoms with E-state index in [2.05, 4.69) is 16.7 Å². The van der Waals surface area contributed by atoms with Crippen molar-refractivity contribution in [2.24, 2.45) is 5.92 Å². The van der Waals surface area contributed by atoms with Gasteiger partial charge in [0.05, 0.1) is 0 Å². The van der Waals surface area contributed by atoms with E-state index in [0.717, 1.165) is 18.0 Å². The lowest BCUT2D eigenvalue weighted by atomic mass is 9.92. The van der Waals surface area contributed by atoms with E-state index < -0.39 is 0 Å². The molecule has 3 rings (SSSR count). The van der Waals surface area contributed by atoms with Crippen LogP contribution >= 0.6 is 0 Å². The first-order chi connectivity index (χ1) is 8.84. The van der Waals surface area contributed by atoms with E-state index in [1.54, 1.807) is 0 Å². The Kier molecular flexibility index (Phi) is 4.25. The summed E-state index contributed by atoms with van der Waals surface area (Å²) < 4.78 is 0. The molecule has 0 aromatic carbocycles. The van der Waals surface area contributed by atoms with Crippen LogP contribution in [0.15, 0.2) is 0 Å². The predicted octanol–water partition coefficient (Wildman–Crippen LogP) is 3.13. The first-order valence-electron chi connectivity index (χ1n) is 8.32. The number of piperidine rings is 1. The maximum Gasteiger partial charge on any atom is 0.0223 e. The van der Waals surface area contributed by atoms with Gasteiger partial charge in [0.2, 0.25) is 0 Å². The zero-order valence-corrected chi connectivity index (χ0v) is 12.1. The van der Waals surface area contributed by atoms with E-state index in [4.69, 9.17) is 0 Å². The Morgan fingerprint density at radius 3 is 2.44 bits per heavy atom. The first kappa shape index (κ1) is 12.9. The molecule has 0 radical (unpaired) electrons. The largest absolute Gasteiger partial charge is 0.298 e. The molecular weight excluding hydrogens is 220 g/mol. The molecule has 2 heteroatoms. The minimum atomic E-state index is 0.892. The highest BCUT2D eigenvalue weighted by atomic mass is 15.3. The highest BCUT2D eigenvalue weighted by Crippen LogP contribution is 2.30. The van der Waals surface area contributed by atoms with Crippen molar-refractivity contribution in [3.05, 3.63) is 0 Å². The lowest BCUT2D eigenvalue weighted by Gasteiger charge is -2.47. The van der Waals surface area contributed by atoms with E-state index in [0.29, 0.717) is 0 Å². The quantitative estimate of drug-likeness (QED) is 0.660. The molecular formula is C16H30N2. The molecule has 1 saturated carbocycles. The van der Waals surface area contributed by atoms with Crippen LogP contribution in [-0.2, 0) is 0 Å². The Bertz CT molecular complexity index is 266. The molecule has 3 fully saturated rings. The maximum atomic E-state index is 2.86. The summed E-state index contributed by atoms with van der Waals surface area (Å²) in [6.07, 6.45) is 11.7. The van der Waals surface area contributed by atoms with Crippen LogP contribution in [0, 0.1) is 5.92 Å². The van der Waals surface area contributed by atoms with Gasteiger partial charge >= 0.3 is 0 Å². The summed E-state index contributed by atoms with van der Waals surface area (Å²) in [5.74, 6) is 0.933. The van der Waals surface area contributed by atoms with Gasteiger partial charge in [0, 0.05) is 31.7 Å². The molecule has 3 aliphatic rings. The lowest BCUT2D eigenvalue weighted by molar-refractivity contribution is 0.0125. The minimum Gasteiger partial charge on any atom is -0.298 e. The van der Waals surface area contributed by atoms with Crippen LogP contribution in [0.25, 0.3) is 0 Å². The molecule has 0 N–H and O–H groups in total. The predicted molar refractivity (Wildman–Crippen MR) is 76.8 cm³/mol. The molecule has 2 heterocycles. The monoisotopic (exact) mass is 250 g/mol. The Hall–Kier alpha value is -0.0800. The fourth-order valence-corrected chi connectivity index (χ4v) is 4.50. The third-order valence-corrected chi connectivity index (χ3v) is 5.65. The molecule has 2 nitrogen and oxygen atoms in total. The van der Waals surface area contributed by atoms with E-state index >= 15 is 0 Å². The summed E-state index contributed by atoms with van der Waals surface area (Å²) in [5.41, 5.74) is 0. The highest BCUT2D eigenvalue weighted by molar-refractivity contribution is 4.89. The smallest absolute Gasteiger partial charge is 0.0223 e. The molecule has 1 aliphatic carbocycles. The molecule has 0 aromatic rings. The lowest BCUT2D eigenvalue weighted by Crippen LogP contribution is -2.58. The number of rotatable bonds is 1. The maximum absolute atomic E-state index is 2.86. The van der Waals surface area contributed by atoms with Crippen molar-refractivity contribution in [1.29, 1.82) is 0 Å². The second-order valence-electron chi connectivity index (χ2n) is 6.86. The molecule has 0 aromatic heterocycles. The fourth-order valence-electron chi connectivity index (χ4n) is 4.50. The zero-order valence-electron chi connectivity index (χ0n) is 12.1. The van der Waals surface area contributed by atoms with Crippen molar-refractivity contribution in [1.82, 2.24) is 9.80 Å². The molecule has 2 saturated heterocycles. The standard InChI is InChI=1S/C16H30N2/c1-14-7-3-2-4-9-16(14)18-12-11-17-10-6-5-8-15(17)13-18/h14-16H,2-13H2,1H3. The van der Waals surface area contributed by atoms with Crippen LogP contribution in [0.1, 0.15) is 58.3 Å². The van der Waals surface area contributed by atoms with Gasteiger partial charge in [-0.25, -0.2) is 0 Å². The van der Waals surface area contributed by atoms with Gasteiger partial charge in [0.15, 0.2) is 0 Å². The van der Waals surface area contributed by atoms with Gasteiger partial charge in [-0.05, 0) is 38.1 Å². The number of hydrogen-bond donors (Lipinski definition) is 0.